The number of nitrogens with two attached hydrogens (primary N) is 1. The van der Waals surface area contributed by atoms with Gasteiger partial charge in [-0.15, -0.1) is 0 Å². The van der Waals surface area contributed by atoms with Crippen LogP contribution in [0.4, 0.5) is 10.2 Å². The number of anilines is 1. The highest BCUT2D eigenvalue weighted by atomic mass is 79.9. The fourth-order valence-electron chi connectivity index (χ4n) is 2.09. The predicted octanol–water partition coefficient (Wildman–Crippen LogP) is 5.15. The number of benzene rings is 2. The van der Waals surface area contributed by atoms with E-state index in [1.54, 1.807) is 18.2 Å². The van der Waals surface area contributed by atoms with Crippen molar-refractivity contribution in [2.45, 2.75) is 0 Å². The van der Waals surface area contributed by atoms with Crippen LogP contribution in [-0.2, 0) is 0 Å². The molecule has 2 aromatic carbocycles. The van der Waals surface area contributed by atoms with Crippen LogP contribution in [0.15, 0.2) is 51.5 Å². The monoisotopic (exact) mass is 366 g/mol. The van der Waals surface area contributed by atoms with Crippen LogP contribution in [0.2, 0.25) is 5.02 Å². The second-order valence-corrected chi connectivity index (χ2v) is 5.62. The molecule has 3 rings (SSSR count). The van der Waals surface area contributed by atoms with Crippen LogP contribution < -0.4 is 5.73 Å². The lowest BCUT2D eigenvalue weighted by atomic mass is 10.0. The lowest BCUT2D eigenvalue weighted by molar-refractivity contribution is 0.436. The maximum atomic E-state index is 13.4. The Morgan fingerprint density at radius 3 is 2.71 bits per heavy atom. The van der Waals surface area contributed by atoms with Crippen molar-refractivity contribution in [3.8, 4) is 22.5 Å². The van der Waals surface area contributed by atoms with Gasteiger partial charge in [0.25, 0.3) is 0 Å². The number of aromatic nitrogens is 1. The van der Waals surface area contributed by atoms with Crippen molar-refractivity contribution in [3.05, 3.63) is 57.8 Å². The molecular weight excluding hydrogens is 359 g/mol. The molecule has 3 nitrogen and oxygen atoms in total. The first-order valence-corrected chi connectivity index (χ1v) is 7.20. The Morgan fingerprint density at radius 1 is 1.19 bits per heavy atom. The number of halogens is 3. The first-order chi connectivity index (χ1) is 10.1. The van der Waals surface area contributed by atoms with Crippen molar-refractivity contribution in [3.63, 3.8) is 0 Å². The van der Waals surface area contributed by atoms with E-state index in [1.807, 2.05) is 12.1 Å². The molecule has 1 aromatic heterocycles. The molecule has 0 saturated carbocycles. The zero-order chi connectivity index (χ0) is 15.0. The maximum absolute atomic E-state index is 13.4. The molecule has 0 atom stereocenters. The number of hydrogen-bond acceptors (Lipinski definition) is 3. The zero-order valence-corrected chi connectivity index (χ0v) is 13.0. The molecule has 1 heterocycles. The van der Waals surface area contributed by atoms with E-state index in [0.29, 0.717) is 27.5 Å². The summed E-state index contributed by atoms with van der Waals surface area (Å²) in [5, 5.41) is 4.25. The standard InChI is InChI=1S/C15H9BrClFN2O/c16-11-6-2-5-10(13(11)17)14-12(15(19)20-21-14)8-3-1-4-9(18)7-8/h1-7H,(H2,19,20). The van der Waals surface area contributed by atoms with E-state index in [1.165, 1.54) is 12.1 Å². The summed E-state index contributed by atoms with van der Waals surface area (Å²) < 4.78 is 19.5. The molecule has 0 unspecified atom stereocenters. The highest BCUT2D eigenvalue weighted by molar-refractivity contribution is 9.10. The molecule has 6 heteroatoms. The first kappa shape index (κ1) is 14.1. The number of nitrogens with zero attached hydrogens (tertiary/aromatic N) is 1. The number of rotatable bonds is 2. The number of nitrogen functional groups attached to an aromatic ring is 1. The quantitative estimate of drug-likeness (QED) is 0.682. The third-order valence-corrected chi connectivity index (χ3v) is 4.32. The molecule has 0 aliphatic heterocycles. The van der Waals surface area contributed by atoms with Gasteiger partial charge in [0.1, 0.15) is 5.82 Å². The molecule has 0 amide bonds. The molecule has 0 spiro atoms. The third kappa shape index (κ3) is 2.54. The van der Waals surface area contributed by atoms with Crippen LogP contribution in [0.1, 0.15) is 0 Å². The largest absolute Gasteiger partial charge is 0.380 e. The normalized spacial score (nSPS) is 10.8. The van der Waals surface area contributed by atoms with Gasteiger partial charge in [0.15, 0.2) is 11.6 Å². The van der Waals surface area contributed by atoms with E-state index in [9.17, 15) is 4.39 Å². The molecule has 2 N–H and O–H groups in total. The van der Waals surface area contributed by atoms with Gasteiger partial charge < -0.3 is 10.3 Å². The molecule has 3 aromatic rings. The van der Waals surface area contributed by atoms with Crippen molar-refractivity contribution in [1.29, 1.82) is 0 Å². The summed E-state index contributed by atoms with van der Waals surface area (Å²) in [5.74, 6) is 0.232. The molecule has 106 valence electrons. The minimum atomic E-state index is -0.362. The Bertz CT molecular complexity index is 819. The topological polar surface area (TPSA) is 52.0 Å². The van der Waals surface area contributed by atoms with E-state index >= 15 is 0 Å². The summed E-state index contributed by atoms with van der Waals surface area (Å²) in [6.07, 6.45) is 0. The van der Waals surface area contributed by atoms with Gasteiger partial charge in [0.2, 0.25) is 0 Å². The Labute approximate surface area is 133 Å². The zero-order valence-electron chi connectivity index (χ0n) is 10.6. The van der Waals surface area contributed by atoms with Gasteiger partial charge in [-0.25, -0.2) is 4.39 Å². The van der Waals surface area contributed by atoms with Crippen LogP contribution in [0.25, 0.3) is 22.5 Å². The SMILES string of the molecule is Nc1noc(-c2cccc(Br)c2Cl)c1-c1cccc(F)c1. The van der Waals surface area contributed by atoms with E-state index in [0.717, 1.165) is 4.47 Å². The molecule has 0 saturated heterocycles. The molecule has 0 radical (unpaired) electrons. The highest BCUT2D eigenvalue weighted by Gasteiger charge is 2.20. The van der Waals surface area contributed by atoms with Crippen molar-refractivity contribution in [2.75, 3.05) is 5.73 Å². The van der Waals surface area contributed by atoms with Crippen LogP contribution in [0, 0.1) is 5.82 Å². The van der Waals surface area contributed by atoms with Gasteiger partial charge in [-0.2, -0.15) is 0 Å². The van der Waals surface area contributed by atoms with E-state index in [4.69, 9.17) is 21.9 Å². The van der Waals surface area contributed by atoms with Gasteiger partial charge in [0.05, 0.1) is 10.6 Å². The molecule has 0 bridgehead atoms. The summed E-state index contributed by atoms with van der Waals surface area (Å²) in [4.78, 5) is 0. The van der Waals surface area contributed by atoms with Crippen molar-refractivity contribution < 1.29 is 8.91 Å². The predicted molar refractivity (Wildman–Crippen MR) is 84.5 cm³/mol. The van der Waals surface area contributed by atoms with Gasteiger partial charge in [-0.1, -0.05) is 35.0 Å². The molecule has 21 heavy (non-hydrogen) atoms. The average Bonchev–Trinajstić information content (AvgIpc) is 2.83. The minimum Gasteiger partial charge on any atom is -0.380 e. The molecular formula is C15H9BrClFN2O. The van der Waals surface area contributed by atoms with Crippen molar-refractivity contribution >= 4 is 33.3 Å². The Balaban J connectivity index is 2.24. The van der Waals surface area contributed by atoms with Gasteiger partial charge in [-0.3, -0.25) is 0 Å². The summed E-state index contributed by atoms with van der Waals surface area (Å²) in [6, 6.07) is 11.5. The van der Waals surface area contributed by atoms with Crippen molar-refractivity contribution in [2.24, 2.45) is 0 Å². The fraction of sp³-hybridized carbons (Fsp3) is 0. The second kappa shape index (κ2) is 5.50. The Kier molecular flexibility index (Phi) is 3.69. The fourth-order valence-corrected chi connectivity index (χ4v) is 2.67. The maximum Gasteiger partial charge on any atom is 0.178 e. The van der Waals surface area contributed by atoms with Crippen LogP contribution in [0.3, 0.4) is 0 Å². The van der Waals surface area contributed by atoms with Crippen LogP contribution in [0.5, 0.6) is 0 Å². The van der Waals surface area contributed by atoms with E-state index in [-0.39, 0.29) is 11.6 Å². The summed E-state index contributed by atoms with van der Waals surface area (Å²) >= 11 is 9.64. The highest BCUT2D eigenvalue weighted by Crippen LogP contribution is 2.41. The van der Waals surface area contributed by atoms with E-state index in [2.05, 4.69) is 21.1 Å². The lowest BCUT2D eigenvalue weighted by Crippen LogP contribution is -1.90. The third-order valence-electron chi connectivity index (χ3n) is 3.03. The summed E-state index contributed by atoms with van der Waals surface area (Å²) in [7, 11) is 0. The Morgan fingerprint density at radius 2 is 1.95 bits per heavy atom. The summed E-state index contributed by atoms with van der Waals surface area (Å²) in [5.41, 5.74) is 7.61. The lowest BCUT2D eigenvalue weighted by Gasteiger charge is -2.06. The Hall–Kier alpha value is -1.85. The van der Waals surface area contributed by atoms with Gasteiger partial charge in [-0.05, 0) is 45.8 Å². The number of hydrogen-bond donors (Lipinski definition) is 1. The molecule has 0 aliphatic rings. The minimum absolute atomic E-state index is 0.187. The first-order valence-electron chi connectivity index (χ1n) is 6.03. The van der Waals surface area contributed by atoms with Crippen LogP contribution in [-0.4, -0.2) is 5.16 Å². The molecule has 0 fully saturated rings. The smallest absolute Gasteiger partial charge is 0.178 e. The second-order valence-electron chi connectivity index (χ2n) is 4.38. The van der Waals surface area contributed by atoms with Crippen LogP contribution >= 0.6 is 27.5 Å². The van der Waals surface area contributed by atoms with Gasteiger partial charge >= 0.3 is 0 Å². The summed E-state index contributed by atoms with van der Waals surface area (Å²) in [6.45, 7) is 0. The molecule has 0 aliphatic carbocycles. The van der Waals surface area contributed by atoms with E-state index < -0.39 is 0 Å². The van der Waals surface area contributed by atoms with Gasteiger partial charge in [0, 0.05) is 10.0 Å². The average molecular weight is 368 g/mol. The van der Waals surface area contributed by atoms with Crippen molar-refractivity contribution in [1.82, 2.24) is 5.16 Å².